The van der Waals surface area contributed by atoms with E-state index in [1.807, 2.05) is 20.8 Å². The minimum Gasteiger partial charge on any atom is -0.388 e. The van der Waals surface area contributed by atoms with Gasteiger partial charge in [0.25, 0.3) is 0 Å². The predicted octanol–water partition coefficient (Wildman–Crippen LogP) is 4.07. The Balaban J connectivity index is 3.03. The SMILES string of the molecule is CC(C)(C)C(O)c1ccc(Cl)c(Cl)c1. The lowest BCUT2D eigenvalue weighted by Crippen LogP contribution is -2.17. The van der Waals surface area contributed by atoms with Gasteiger partial charge < -0.3 is 5.11 Å². The van der Waals surface area contributed by atoms with Gasteiger partial charge in [-0.25, -0.2) is 0 Å². The van der Waals surface area contributed by atoms with Crippen LogP contribution in [0.1, 0.15) is 32.4 Å². The zero-order chi connectivity index (χ0) is 10.9. The number of aliphatic hydroxyl groups is 1. The van der Waals surface area contributed by atoms with Gasteiger partial charge in [-0.1, -0.05) is 50.0 Å². The molecule has 0 aliphatic heterocycles. The maximum absolute atomic E-state index is 9.97. The topological polar surface area (TPSA) is 20.2 Å². The standard InChI is InChI=1S/C11H14Cl2O/c1-11(2,3)10(14)7-4-5-8(12)9(13)6-7/h4-6,10,14H,1-3H3. The minimum absolute atomic E-state index is 0.197. The largest absolute Gasteiger partial charge is 0.388 e. The lowest BCUT2D eigenvalue weighted by molar-refractivity contribution is 0.0627. The number of hydrogen-bond acceptors (Lipinski definition) is 1. The molecule has 14 heavy (non-hydrogen) atoms. The molecule has 0 saturated carbocycles. The van der Waals surface area contributed by atoms with Gasteiger partial charge in [0.15, 0.2) is 0 Å². The van der Waals surface area contributed by atoms with Gasteiger partial charge in [-0.2, -0.15) is 0 Å². The molecule has 0 fully saturated rings. The van der Waals surface area contributed by atoms with Gasteiger partial charge in [-0.05, 0) is 23.1 Å². The van der Waals surface area contributed by atoms with Gasteiger partial charge in [0.05, 0.1) is 16.1 Å². The molecule has 78 valence electrons. The monoisotopic (exact) mass is 232 g/mol. The van der Waals surface area contributed by atoms with E-state index in [1.54, 1.807) is 18.2 Å². The molecule has 1 aromatic rings. The Hall–Kier alpha value is -0.240. The van der Waals surface area contributed by atoms with Gasteiger partial charge >= 0.3 is 0 Å². The van der Waals surface area contributed by atoms with Crippen molar-refractivity contribution >= 4 is 23.2 Å². The second-order valence-electron chi connectivity index (χ2n) is 4.44. The van der Waals surface area contributed by atoms with Crippen molar-refractivity contribution in [2.45, 2.75) is 26.9 Å². The van der Waals surface area contributed by atoms with Crippen molar-refractivity contribution < 1.29 is 5.11 Å². The second kappa shape index (κ2) is 4.09. The number of halogens is 2. The average Bonchev–Trinajstić information content (AvgIpc) is 2.07. The van der Waals surface area contributed by atoms with Crippen LogP contribution >= 0.6 is 23.2 Å². The molecule has 0 aliphatic rings. The quantitative estimate of drug-likeness (QED) is 0.775. The van der Waals surface area contributed by atoms with Gasteiger partial charge in [-0.3, -0.25) is 0 Å². The molecule has 1 nitrogen and oxygen atoms in total. The fourth-order valence-corrected chi connectivity index (χ4v) is 1.49. The molecule has 1 aromatic carbocycles. The van der Waals surface area contributed by atoms with Crippen LogP contribution in [0.25, 0.3) is 0 Å². The molecule has 0 aromatic heterocycles. The Morgan fingerprint density at radius 3 is 2.14 bits per heavy atom. The normalized spacial score (nSPS) is 14.1. The summed E-state index contributed by atoms with van der Waals surface area (Å²) in [5.74, 6) is 0. The van der Waals surface area contributed by atoms with E-state index in [9.17, 15) is 5.11 Å². The van der Waals surface area contributed by atoms with Crippen LogP contribution in [0.15, 0.2) is 18.2 Å². The molecule has 0 heterocycles. The van der Waals surface area contributed by atoms with Crippen molar-refractivity contribution in [3.05, 3.63) is 33.8 Å². The summed E-state index contributed by atoms with van der Waals surface area (Å²) in [5, 5.41) is 11.0. The van der Waals surface area contributed by atoms with Crippen molar-refractivity contribution in [3.8, 4) is 0 Å². The molecule has 1 unspecified atom stereocenters. The fourth-order valence-electron chi connectivity index (χ4n) is 1.18. The first kappa shape index (κ1) is 11.8. The number of hydrogen-bond donors (Lipinski definition) is 1. The van der Waals surface area contributed by atoms with Crippen molar-refractivity contribution in [1.29, 1.82) is 0 Å². The summed E-state index contributed by atoms with van der Waals surface area (Å²) in [4.78, 5) is 0. The Bertz CT molecular complexity index is 329. The van der Waals surface area contributed by atoms with Crippen molar-refractivity contribution in [3.63, 3.8) is 0 Å². The third-order valence-corrected chi connectivity index (χ3v) is 2.82. The van der Waals surface area contributed by atoms with Crippen LogP contribution in [-0.2, 0) is 0 Å². The Kier molecular flexibility index (Phi) is 3.46. The molecule has 0 amide bonds. The summed E-state index contributed by atoms with van der Waals surface area (Å²) >= 11 is 11.7. The van der Waals surface area contributed by atoms with Crippen LogP contribution in [0, 0.1) is 5.41 Å². The van der Waals surface area contributed by atoms with Crippen LogP contribution in [0.3, 0.4) is 0 Å². The van der Waals surface area contributed by atoms with Crippen molar-refractivity contribution in [2.24, 2.45) is 5.41 Å². The molecule has 1 N–H and O–H groups in total. The highest BCUT2D eigenvalue weighted by Gasteiger charge is 2.24. The highest BCUT2D eigenvalue weighted by molar-refractivity contribution is 6.42. The highest BCUT2D eigenvalue weighted by atomic mass is 35.5. The zero-order valence-corrected chi connectivity index (χ0v) is 10.0. The number of rotatable bonds is 1. The summed E-state index contributed by atoms with van der Waals surface area (Å²) in [6, 6.07) is 5.21. The lowest BCUT2D eigenvalue weighted by Gasteiger charge is -2.26. The third-order valence-electron chi connectivity index (χ3n) is 2.08. The van der Waals surface area contributed by atoms with E-state index in [2.05, 4.69) is 0 Å². The maximum Gasteiger partial charge on any atom is 0.0838 e. The molecule has 1 atom stereocenters. The van der Waals surface area contributed by atoms with Crippen LogP contribution in [0.4, 0.5) is 0 Å². The average molecular weight is 233 g/mol. The van der Waals surface area contributed by atoms with Crippen LogP contribution < -0.4 is 0 Å². The Morgan fingerprint density at radius 2 is 1.71 bits per heavy atom. The summed E-state index contributed by atoms with van der Waals surface area (Å²) in [7, 11) is 0. The molecule has 1 rings (SSSR count). The lowest BCUT2D eigenvalue weighted by atomic mass is 9.85. The molecule has 0 bridgehead atoms. The Labute approximate surface area is 94.7 Å². The van der Waals surface area contributed by atoms with E-state index in [4.69, 9.17) is 23.2 Å². The highest BCUT2D eigenvalue weighted by Crippen LogP contribution is 2.34. The maximum atomic E-state index is 9.97. The molecular weight excluding hydrogens is 219 g/mol. The van der Waals surface area contributed by atoms with E-state index in [1.165, 1.54) is 0 Å². The first-order chi connectivity index (χ1) is 6.32. The molecule has 0 saturated heterocycles. The summed E-state index contributed by atoms with van der Waals surface area (Å²) in [5.41, 5.74) is 0.601. The first-order valence-electron chi connectivity index (χ1n) is 4.45. The number of aliphatic hydroxyl groups excluding tert-OH is 1. The van der Waals surface area contributed by atoms with Crippen LogP contribution in [0.2, 0.25) is 10.0 Å². The van der Waals surface area contributed by atoms with Crippen LogP contribution in [-0.4, -0.2) is 5.11 Å². The van der Waals surface area contributed by atoms with Crippen molar-refractivity contribution in [1.82, 2.24) is 0 Å². The van der Waals surface area contributed by atoms with Gasteiger partial charge in [0.2, 0.25) is 0 Å². The van der Waals surface area contributed by atoms with E-state index in [-0.39, 0.29) is 5.41 Å². The van der Waals surface area contributed by atoms with E-state index in [0.29, 0.717) is 10.0 Å². The van der Waals surface area contributed by atoms with E-state index >= 15 is 0 Å². The Morgan fingerprint density at radius 1 is 1.14 bits per heavy atom. The zero-order valence-electron chi connectivity index (χ0n) is 8.51. The first-order valence-corrected chi connectivity index (χ1v) is 5.21. The molecule has 0 spiro atoms. The van der Waals surface area contributed by atoms with E-state index in [0.717, 1.165) is 5.56 Å². The minimum atomic E-state index is -0.530. The number of benzene rings is 1. The molecule has 0 aliphatic carbocycles. The predicted molar refractivity (Wildman–Crippen MR) is 60.9 cm³/mol. The second-order valence-corrected chi connectivity index (χ2v) is 5.26. The smallest absolute Gasteiger partial charge is 0.0838 e. The van der Waals surface area contributed by atoms with E-state index < -0.39 is 6.10 Å². The van der Waals surface area contributed by atoms with Gasteiger partial charge in [0, 0.05) is 0 Å². The third kappa shape index (κ3) is 2.63. The van der Waals surface area contributed by atoms with Crippen LogP contribution in [0.5, 0.6) is 0 Å². The van der Waals surface area contributed by atoms with Crippen molar-refractivity contribution in [2.75, 3.05) is 0 Å². The van der Waals surface area contributed by atoms with Gasteiger partial charge in [0.1, 0.15) is 0 Å². The summed E-state index contributed by atoms with van der Waals surface area (Å²) in [6.45, 7) is 5.92. The summed E-state index contributed by atoms with van der Waals surface area (Å²) in [6.07, 6.45) is -0.530. The molecule has 3 heteroatoms. The summed E-state index contributed by atoms with van der Waals surface area (Å²) < 4.78 is 0. The molecular formula is C11H14Cl2O. The van der Waals surface area contributed by atoms with Gasteiger partial charge in [-0.15, -0.1) is 0 Å². The fraction of sp³-hybridized carbons (Fsp3) is 0.455. The molecule has 0 radical (unpaired) electrons.